The molecule has 0 unspecified atom stereocenters. The summed E-state index contributed by atoms with van der Waals surface area (Å²) in [4.78, 5) is 16.3. The first-order chi connectivity index (χ1) is 19.4. The zero-order valence-electron chi connectivity index (χ0n) is 23.3. The molecular formula is C32H38F2N6. The SMILES string of the molecule is C[C@H]1Nc2ncnc3nc(c(C4(C#N)CC4)cc23)CCCCCCCN2CCC(CC2)C(F)(F)c2cccc1c2. The van der Waals surface area contributed by atoms with Gasteiger partial charge in [-0.3, -0.25) is 0 Å². The first-order valence-electron chi connectivity index (χ1n) is 14.9. The van der Waals surface area contributed by atoms with Crippen LogP contribution in [0.2, 0.25) is 0 Å². The molecule has 1 aromatic carbocycles. The van der Waals surface area contributed by atoms with Crippen molar-refractivity contribution in [3.63, 3.8) is 0 Å². The lowest BCUT2D eigenvalue weighted by Gasteiger charge is -2.36. The fourth-order valence-corrected chi connectivity index (χ4v) is 6.53. The molecule has 6 aliphatic rings. The van der Waals surface area contributed by atoms with Gasteiger partial charge in [-0.15, -0.1) is 0 Å². The number of alkyl halides is 2. The molecule has 9 rings (SSSR count). The lowest BCUT2D eigenvalue weighted by atomic mass is 9.85. The molecule has 0 spiro atoms. The molecule has 2 aromatic heterocycles. The third-order valence-corrected chi connectivity index (χ3v) is 9.30. The van der Waals surface area contributed by atoms with Gasteiger partial charge in [0.25, 0.3) is 5.92 Å². The molecule has 1 saturated carbocycles. The van der Waals surface area contributed by atoms with Crippen LogP contribution in [-0.2, 0) is 17.8 Å². The second-order valence-corrected chi connectivity index (χ2v) is 12.0. The van der Waals surface area contributed by atoms with E-state index in [1.807, 2.05) is 13.0 Å². The number of aryl methyl sites for hydroxylation is 1. The summed E-state index contributed by atoms with van der Waals surface area (Å²) in [5.74, 6) is -2.90. The van der Waals surface area contributed by atoms with E-state index in [-0.39, 0.29) is 11.6 Å². The van der Waals surface area contributed by atoms with E-state index in [9.17, 15) is 5.26 Å². The Labute approximate surface area is 235 Å². The average Bonchev–Trinajstić information content (AvgIpc) is 3.77. The molecule has 8 bridgehead atoms. The van der Waals surface area contributed by atoms with Crippen LogP contribution in [0.3, 0.4) is 0 Å². The fourth-order valence-electron chi connectivity index (χ4n) is 6.53. The van der Waals surface area contributed by atoms with Gasteiger partial charge >= 0.3 is 0 Å². The Balaban J connectivity index is 1.36. The van der Waals surface area contributed by atoms with Gasteiger partial charge in [0.1, 0.15) is 12.1 Å². The number of pyridine rings is 1. The minimum absolute atomic E-state index is 0.0880. The van der Waals surface area contributed by atoms with Crippen LogP contribution >= 0.6 is 0 Å². The number of nitriles is 1. The molecule has 5 aliphatic heterocycles. The van der Waals surface area contributed by atoms with Crippen molar-refractivity contribution < 1.29 is 8.78 Å². The van der Waals surface area contributed by atoms with Gasteiger partial charge < -0.3 is 10.2 Å². The minimum Gasteiger partial charge on any atom is -0.363 e. The number of rotatable bonds is 1. The van der Waals surface area contributed by atoms with Crippen molar-refractivity contribution in [3.05, 3.63) is 59.0 Å². The number of nitrogens with one attached hydrogen (secondary N) is 1. The summed E-state index contributed by atoms with van der Waals surface area (Å²) in [6, 6.07) is 11.2. The van der Waals surface area contributed by atoms with Crippen molar-refractivity contribution in [2.45, 2.75) is 88.5 Å². The van der Waals surface area contributed by atoms with Gasteiger partial charge in [-0.1, -0.05) is 37.5 Å². The van der Waals surface area contributed by atoms with E-state index >= 15 is 8.78 Å². The highest BCUT2D eigenvalue weighted by molar-refractivity contribution is 5.87. The van der Waals surface area contributed by atoms with E-state index in [1.165, 1.54) is 6.33 Å². The second-order valence-electron chi connectivity index (χ2n) is 12.0. The van der Waals surface area contributed by atoms with Crippen LogP contribution in [0, 0.1) is 17.2 Å². The summed E-state index contributed by atoms with van der Waals surface area (Å²) in [7, 11) is 0. The molecular weight excluding hydrogens is 506 g/mol. The van der Waals surface area contributed by atoms with E-state index in [4.69, 9.17) is 4.98 Å². The maximum atomic E-state index is 15.7. The summed E-state index contributed by atoms with van der Waals surface area (Å²) >= 11 is 0. The highest BCUT2D eigenvalue weighted by Gasteiger charge is 2.47. The summed E-state index contributed by atoms with van der Waals surface area (Å²) in [6.07, 6.45) is 10.6. The maximum absolute atomic E-state index is 15.7. The van der Waals surface area contributed by atoms with Crippen LogP contribution in [0.25, 0.3) is 11.0 Å². The molecule has 1 aliphatic carbocycles. The lowest BCUT2D eigenvalue weighted by molar-refractivity contribution is -0.0855. The molecule has 1 N–H and O–H groups in total. The topological polar surface area (TPSA) is 77.7 Å². The van der Waals surface area contributed by atoms with Crippen LogP contribution in [0.5, 0.6) is 0 Å². The number of aromatic nitrogens is 3. The van der Waals surface area contributed by atoms with Crippen LogP contribution < -0.4 is 5.32 Å². The number of hydrogen-bond donors (Lipinski definition) is 1. The molecule has 0 amide bonds. The summed E-state index contributed by atoms with van der Waals surface area (Å²) in [5, 5.41) is 14.2. The van der Waals surface area contributed by atoms with Crippen molar-refractivity contribution in [2.24, 2.45) is 5.92 Å². The molecule has 210 valence electrons. The van der Waals surface area contributed by atoms with Gasteiger partial charge in [0.05, 0.1) is 16.9 Å². The van der Waals surface area contributed by atoms with E-state index in [1.54, 1.807) is 18.2 Å². The normalized spacial score (nSPS) is 26.4. The molecule has 1 atom stereocenters. The van der Waals surface area contributed by atoms with Crippen LogP contribution in [0.15, 0.2) is 36.7 Å². The molecule has 40 heavy (non-hydrogen) atoms. The Hall–Kier alpha value is -3.18. The largest absolute Gasteiger partial charge is 0.363 e. The first-order valence-corrected chi connectivity index (χ1v) is 14.9. The third-order valence-electron chi connectivity index (χ3n) is 9.30. The van der Waals surface area contributed by atoms with Crippen molar-refractivity contribution >= 4 is 16.9 Å². The fraction of sp³-hybridized carbons (Fsp3) is 0.562. The van der Waals surface area contributed by atoms with E-state index in [0.717, 1.165) is 93.2 Å². The summed E-state index contributed by atoms with van der Waals surface area (Å²) in [5.41, 5.74) is 2.97. The van der Waals surface area contributed by atoms with Gasteiger partial charge in [-0.2, -0.15) is 5.26 Å². The van der Waals surface area contributed by atoms with Crippen LogP contribution in [0.1, 0.15) is 93.1 Å². The maximum Gasteiger partial charge on any atom is 0.276 e. The highest BCUT2D eigenvalue weighted by Crippen LogP contribution is 2.49. The van der Waals surface area contributed by atoms with Crippen molar-refractivity contribution in [3.8, 4) is 6.07 Å². The molecule has 3 aromatic rings. The molecule has 8 heteroatoms. The summed E-state index contributed by atoms with van der Waals surface area (Å²) < 4.78 is 31.5. The standard InChI is InChI=1S/C32H38F2N6/c1-22-23-8-7-9-25(18-23)32(33,34)24-11-16-40(17-12-24)15-6-4-2-3-5-10-28-27(31(20-35)13-14-31)19-26-29(38-22)36-21-37-30(26)39-28/h7-9,18-19,21-22,24H,2-6,10-17H2,1H3,(H,36,37,38,39)/t22-/m1/s1. The molecule has 6 nitrogen and oxygen atoms in total. The van der Waals surface area contributed by atoms with Crippen molar-refractivity contribution in [1.82, 2.24) is 19.9 Å². The van der Waals surface area contributed by atoms with Gasteiger partial charge in [0.15, 0.2) is 5.65 Å². The zero-order valence-corrected chi connectivity index (χ0v) is 23.3. The van der Waals surface area contributed by atoms with E-state index in [2.05, 4.69) is 32.3 Å². The third kappa shape index (κ3) is 5.28. The van der Waals surface area contributed by atoms with Crippen molar-refractivity contribution in [2.75, 3.05) is 25.0 Å². The van der Waals surface area contributed by atoms with Gasteiger partial charge in [0, 0.05) is 23.2 Å². The Kier molecular flexibility index (Phi) is 7.43. The van der Waals surface area contributed by atoms with E-state index < -0.39 is 17.3 Å². The Bertz CT molecular complexity index is 1400. The van der Waals surface area contributed by atoms with Crippen LogP contribution in [0.4, 0.5) is 14.6 Å². The predicted octanol–water partition coefficient (Wildman–Crippen LogP) is 7.06. The minimum atomic E-state index is -2.87. The van der Waals surface area contributed by atoms with Gasteiger partial charge in [-0.05, 0) is 94.8 Å². The second kappa shape index (κ2) is 11.0. The quantitative estimate of drug-likeness (QED) is 0.353. The van der Waals surface area contributed by atoms with Crippen LogP contribution in [-0.4, -0.2) is 39.5 Å². The molecule has 0 radical (unpaired) electrons. The molecule has 7 heterocycles. The molecule has 1 saturated heterocycles. The molecule has 2 fully saturated rings. The number of hydrogen-bond acceptors (Lipinski definition) is 6. The number of anilines is 1. The number of halogens is 2. The summed E-state index contributed by atoms with van der Waals surface area (Å²) in [6.45, 7) is 4.43. The number of nitrogens with zero attached hydrogens (tertiary/aromatic N) is 5. The Morgan fingerprint density at radius 3 is 2.55 bits per heavy atom. The Morgan fingerprint density at radius 1 is 1.00 bits per heavy atom. The van der Waals surface area contributed by atoms with Gasteiger partial charge in [0.2, 0.25) is 0 Å². The number of piperidine rings is 1. The lowest BCUT2D eigenvalue weighted by Crippen LogP contribution is -2.40. The first kappa shape index (κ1) is 27.0. The Morgan fingerprint density at radius 2 is 1.77 bits per heavy atom. The highest BCUT2D eigenvalue weighted by atomic mass is 19.3. The predicted molar refractivity (Wildman–Crippen MR) is 152 cm³/mol. The van der Waals surface area contributed by atoms with Crippen molar-refractivity contribution in [1.29, 1.82) is 5.26 Å². The zero-order chi connectivity index (χ0) is 27.7. The number of benzene rings is 1. The average molecular weight is 545 g/mol. The van der Waals surface area contributed by atoms with Gasteiger partial charge in [-0.25, -0.2) is 23.7 Å². The monoisotopic (exact) mass is 544 g/mol. The van der Waals surface area contributed by atoms with E-state index in [0.29, 0.717) is 24.3 Å². The smallest absolute Gasteiger partial charge is 0.276 e.